The molecule has 0 saturated heterocycles. The molecule has 0 spiro atoms. The maximum atomic E-state index is 6.13. The molecule has 0 aliphatic carbocycles. The van der Waals surface area contributed by atoms with Gasteiger partial charge in [0.2, 0.25) is 23.6 Å². The van der Waals surface area contributed by atoms with E-state index in [1.807, 2.05) is 31.2 Å². The molecule has 0 radical (unpaired) electrons. The Morgan fingerprint density at radius 1 is 0.765 bits per heavy atom. The Labute approximate surface area is 200 Å². The van der Waals surface area contributed by atoms with Crippen LogP contribution in [0.15, 0.2) is 45.2 Å². The fraction of sp³-hybridized carbons (Fsp3) is 0.407. The molecule has 2 aromatic heterocycles. The highest BCUT2D eigenvalue weighted by atomic mass is 16.5. The normalized spacial score (nSPS) is 11.9. The first-order valence-corrected chi connectivity index (χ1v) is 11.6. The first-order valence-electron chi connectivity index (χ1n) is 11.6. The number of aromatic nitrogens is 4. The second-order valence-corrected chi connectivity index (χ2v) is 10.2. The van der Waals surface area contributed by atoms with Gasteiger partial charge < -0.3 is 13.6 Å². The van der Waals surface area contributed by atoms with Crippen molar-refractivity contribution >= 4 is 0 Å². The van der Waals surface area contributed by atoms with Gasteiger partial charge in [-0.15, -0.1) is 20.4 Å². The minimum Gasteiger partial charge on any atom is -0.494 e. The molecule has 178 valence electrons. The summed E-state index contributed by atoms with van der Waals surface area (Å²) in [6, 6.07) is 12.1. The molecule has 34 heavy (non-hydrogen) atoms. The van der Waals surface area contributed by atoms with Crippen LogP contribution in [0.25, 0.3) is 34.4 Å². The summed E-state index contributed by atoms with van der Waals surface area (Å²) >= 11 is 0. The molecule has 0 amide bonds. The number of nitrogens with zero attached hydrogens (tertiary/aromatic N) is 4. The van der Waals surface area contributed by atoms with Crippen molar-refractivity contribution in [2.75, 3.05) is 6.61 Å². The summed E-state index contributed by atoms with van der Waals surface area (Å²) in [5.74, 6) is 3.26. The minimum absolute atomic E-state index is 0.0958. The lowest BCUT2D eigenvalue weighted by Gasteiger charge is -2.20. The van der Waals surface area contributed by atoms with Gasteiger partial charge in [-0.05, 0) is 72.2 Å². The highest BCUT2D eigenvalue weighted by Gasteiger charge is 2.21. The fourth-order valence-corrected chi connectivity index (χ4v) is 3.54. The van der Waals surface area contributed by atoms with Gasteiger partial charge in [0.25, 0.3) is 0 Å². The molecule has 7 nitrogen and oxygen atoms in total. The van der Waals surface area contributed by atoms with E-state index in [2.05, 4.69) is 67.1 Å². The number of benzene rings is 2. The van der Waals surface area contributed by atoms with Gasteiger partial charge in [-0.2, -0.15) is 0 Å². The second-order valence-electron chi connectivity index (χ2n) is 10.2. The highest BCUT2D eigenvalue weighted by Crippen LogP contribution is 2.34. The van der Waals surface area contributed by atoms with Crippen molar-refractivity contribution in [1.29, 1.82) is 0 Å². The Morgan fingerprint density at radius 3 is 1.91 bits per heavy atom. The molecule has 0 bridgehead atoms. The number of hydrogen-bond donors (Lipinski definition) is 0. The first kappa shape index (κ1) is 23.7. The minimum atomic E-state index is -0.0958. The van der Waals surface area contributed by atoms with Gasteiger partial charge >= 0.3 is 0 Å². The predicted octanol–water partition coefficient (Wildman–Crippen LogP) is 6.79. The highest BCUT2D eigenvalue weighted by molar-refractivity contribution is 5.68. The van der Waals surface area contributed by atoms with E-state index in [0.29, 0.717) is 36.1 Å². The van der Waals surface area contributed by atoms with E-state index in [-0.39, 0.29) is 5.41 Å². The summed E-state index contributed by atoms with van der Waals surface area (Å²) in [6.45, 7) is 15.3. The van der Waals surface area contributed by atoms with Crippen LogP contribution in [0.5, 0.6) is 5.75 Å². The molecule has 2 aromatic carbocycles. The van der Waals surface area contributed by atoms with Gasteiger partial charge in [-0.25, -0.2) is 0 Å². The van der Waals surface area contributed by atoms with Crippen LogP contribution in [0.4, 0.5) is 0 Å². The molecule has 0 atom stereocenters. The molecule has 2 heterocycles. The topological polar surface area (TPSA) is 87.1 Å². The number of hydrogen-bond acceptors (Lipinski definition) is 7. The number of ether oxygens (including phenoxy) is 1. The van der Waals surface area contributed by atoms with E-state index in [4.69, 9.17) is 13.6 Å². The van der Waals surface area contributed by atoms with Crippen LogP contribution in [0.1, 0.15) is 58.1 Å². The van der Waals surface area contributed by atoms with Crippen LogP contribution in [0.2, 0.25) is 0 Å². The van der Waals surface area contributed by atoms with Gasteiger partial charge in [0, 0.05) is 23.6 Å². The molecule has 0 fully saturated rings. The third-order valence-electron chi connectivity index (χ3n) is 5.51. The maximum Gasteiger partial charge on any atom is 0.248 e. The average Bonchev–Trinajstić information content (AvgIpc) is 3.42. The molecule has 0 saturated carbocycles. The van der Waals surface area contributed by atoms with Gasteiger partial charge in [0.1, 0.15) is 5.75 Å². The molecule has 0 aliphatic rings. The number of rotatable bonds is 7. The molecule has 0 aliphatic heterocycles. The van der Waals surface area contributed by atoms with Crippen LogP contribution in [-0.2, 0) is 5.41 Å². The lowest BCUT2D eigenvalue weighted by molar-refractivity contribution is 0.289. The summed E-state index contributed by atoms with van der Waals surface area (Å²) in [6.07, 6.45) is 1.00. The van der Waals surface area contributed by atoms with E-state index in [0.717, 1.165) is 40.0 Å². The molecular formula is C27H32N4O3. The average molecular weight is 461 g/mol. The van der Waals surface area contributed by atoms with E-state index in [9.17, 15) is 0 Å². The summed E-state index contributed by atoms with van der Waals surface area (Å²) < 4.78 is 17.8. The molecule has 4 rings (SSSR count). The standard InChI is InChI=1S/C27H32N4O3/c1-16(2)8-9-32-23-11-17(3)10-19(15-23)25-30-31-26(34-25)21-12-20(24-29-28-18(4)33-24)13-22(14-21)27(5,6)7/h10-16H,8-9H2,1-7H3. The Bertz CT molecular complexity index is 1280. The van der Waals surface area contributed by atoms with Gasteiger partial charge in [-0.1, -0.05) is 34.6 Å². The SMILES string of the molecule is Cc1cc(OCCC(C)C)cc(-c2nnc(-c3cc(-c4nnc(C)o4)cc(C(C)(C)C)c3)o2)c1. The van der Waals surface area contributed by atoms with Gasteiger partial charge in [0.05, 0.1) is 6.61 Å². The molecular weight excluding hydrogens is 428 g/mol. The Balaban J connectivity index is 1.69. The Hall–Kier alpha value is -3.48. The van der Waals surface area contributed by atoms with Gasteiger partial charge in [0.15, 0.2) is 0 Å². The van der Waals surface area contributed by atoms with E-state index >= 15 is 0 Å². The van der Waals surface area contributed by atoms with Crippen molar-refractivity contribution in [3.63, 3.8) is 0 Å². The smallest absolute Gasteiger partial charge is 0.248 e. The zero-order valence-electron chi connectivity index (χ0n) is 21.0. The summed E-state index contributed by atoms with van der Waals surface area (Å²) in [7, 11) is 0. The third-order valence-corrected chi connectivity index (χ3v) is 5.51. The Morgan fingerprint density at radius 2 is 1.35 bits per heavy atom. The van der Waals surface area contributed by atoms with Crippen molar-refractivity contribution in [3.8, 4) is 40.1 Å². The van der Waals surface area contributed by atoms with Crippen molar-refractivity contribution in [2.45, 2.75) is 60.3 Å². The van der Waals surface area contributed by atoms with E-state index in [1.54, 1.807) is 6.92 Å². The lowest BCUT2D eigenvalue weighted by atomic mass is 9.85. The van der Waals surface area contributed by atoms with Crippen LogP contribution >= 0.6 is 0 Å². The second kappa shape index (κ2) is 9.41. The third kappa shape index (κ3) is 5.53. The van der Waals surface area contributed by atoms with Gasteiger partial charge in [-0.3, -0.25) is 0 Å². The molecule has 7 heteroatoms. The van der Waals surface area contributed by atoms with Crippen LogP contribution in [0.3, 0.4) is 0 Å². The van der Waals surface area contributed by atoms with E-state index in [1.165, 1.54) is 0 Å². The monoisotopic (exact) mass is 460 g/mol. The zero-order valence-corrected chi connectivity index (χ0v) is 21.0. The largest absolute Gasteiger partial charge is 0.494 e. The molecule has 0 N–H and O–H groups in total. The van der Waals surface area contributed by atoms with Crippen molar-refractivity contribution in [1.82, 2.24) is 20.4 Å². The first-order chi connectivity index (χ1) is 16.1. The Kier molecular flexibility index (Phi) is 6.55. The zero-order chi connectivity index (χ0) is 24.5. The number of aryl methyl sites for hydroxylation is 2. The summed E-state index contributed by atoms with van der Waals surface area (Å²) in [5, 5.41) is 16.8. The van der Waals surface area contributed by atoms with Crippen molar-refractivity contribution < 1.29 is 13.6 Å². The molecule has 4 aromatic rings. The van der Waals surface area contributed by atoms with Crippen LogP contribution < -0.4 is 4.74 Å². The predicted molar refractivity (Wildman–Crippen MR) is 132 cm³/mol. The molecule has 0 unspecified atom stereocenters. The van der Waals surface area contributed by atoms with Crippen LogP contribution in [0, 0.1) is 19.8 Å². The van der Waals surface area contributed by atoms with Crippen molar-refractivity contribution in [3.05, 3.63) is 53.4 Å². The summed E-state index contributed by atoms with van der Waals surface area (Å²) in [4.78, 5) is 0. The van der Waals surface area contributed by atoms with Crippen LogP contribution in [-0.4, -0.2) is 27.0 Å². The van der Waals surface area contributed by atoms with Crippen molar-refractivity contribution in [2.24, 2.45) is 5.92 Å². The quantitative estimate of drug-likeness (QED) is 0.300. The maximum absolute atomic E-state index is 6.13. The summed E-state index contributed by atoms with van der Waals surface area (Å²) in [5.41, 5.74) is 4.53. The lowest BCUT2D eigenvalue weighted by Crippen LogP contribution is -2.11. The van der Waals surface area contributed by atoms with E-state index < -0.39 is 0 Å². The fourth-order valence-electron chi connectivity index (χ4n) is 3.54.